The molecule has 0 aromatic heterocycles. The average molecular weight is 342 g/mol. The largest absolute Gasteiger partial charge is 0.481 e. The first-order valence-electron chi connectivity index (χ1n) is 6.36. The Labute approximate surface area is 125 Å². The van der Waals surface area contributed by atoms with E-state index in [2.05, 4.69) is 15.9 Å². The van der Waals surface area contributed by atoms with Crippen LogP contribution in [0, 0.1) is 6.92 Å². The highest BCUT2D eigenvalue weighted by Crippen LogP contribution is 2.19. The highest BCUT2D eigenvalue weighted by atomic mass is 79.9. The minimum Gasteiger partial charge on any atom is -0.481 e. The molecule has 1 N–H and O–H groups in total. The molecule has 5 nitrogen and oxygen atoms in total. The van der Waals surface area contributed by atoms with Crippen molar-refractivity contribution in [2.24, 2.45) is 0 Å². The van der Waals surface area contributed by atoms with Crippen LogP contribution >= 0.6 is 15.9 Å². The van der Waals surface area contributed by atoms with E-state index < -0.39 is 12.1 Å². The Morgan fingerprint density at radius 1 is 1.50 bits per heavy atom. The molecular formula is C14H16BrNO4. The standard InChI is InChI=1S/C14H16BrNO4/c1-9-2-3-10(15)6-12(9)14(19)16-4-5-20-11(8-16)7-13(17)18/h2-3,6,11H,4-5,7-8H2,1H3,(H,17,18)/t11-/m0/s1. The SMILES string of the molecule is Cc1ccc(Br)cc1C(=O)N1CCO[C@@H](CC(=O)O)C1. The lowest BCUT2D eigenvalue weighted by atomic mass is 10.1. The Balaban J connectivity index is 2.12. The van der Waals surface area contributed by atoms with Gasteiger partial charge in [0.2, 0.25) is 0 Å². The third-order valence-corrected chi connectivity index (χ3v) is 3.75. The molecule has 1 atom stereocenters. The second-order valence-electron chi connectivity index (χ2n) is 4.80. The summed E-state index contributed by atoms with van der Waals surface area (Å²) in [4.78, 5) is 24.9. The van der Waals surface area contributed by atoms with Gasteiger partial charge in [-0.3, -0.25) is 9.59 Å². The summed E-state index contributed by atoms with van der Waals surface area (Å²) in [6.45, 7) is 3.06. The van der Waals surface area contributed by atoms with Gasteiger partial charge in [0.1, 0.15) is 0 Å². The van der Waals surface area contributed by atoms with E-state index in [0.717, 1.165) is 10.0 Å². The van der Waals surface area contributed by atoms with Crippen LogP contribution in [0.5, 0.6) is 0 Å². The van der Waals surface area contributed by atoms with Gasteiger partial charge in [0.15, 0.2) is 0 Å². The maximum atomic E-state index is 12.5. The van der Waals surface area contributed by atoms with Crippen molar-refractivity contribution >= 4 is 27.8 Å². The molecular weight excluding hydrogens is 326 g/mol. The van der Waals surface area contributed by atoms with E-state index in [4.69, 9.17) is 9.84 Å². The predicted molar refractivity (Wildman–Crippen MR) is 76.8 cm³/mol. The molecule has 1 aromatic rings. The van der Waals surface area contributed by atoms with Crippen molar-refractivity contribution in [3.05, 3.63) is 33.8 Å². The van der Waals surface area contributed by atoms with Gasteiger partial charge in [0, 0.05) is 23.1 Å². The molecule has 0 spiro atoms. The van der Waals surface area contributed by atoms with E-state index in [-0.39, 0.29) is 12.3 Å². The zero-order chi connectivity index (χ0) is 14.7. The van der Waals surface area contributed by atoms with Crippen LogP contribution in [0.15, 0.2) is 22.7 Å². The van der Waals surface area contributed by atoms with Crippen molar-refractivity contribution in [2.75, 3.05) is 19.7 Å². The molecule has 2 rings (SSSR count). The molecule has 0 bridgehead atoms. The highest BCUT2D eigenvalue weighted by Gasteiger charge is 2.27. The molecule has 0 aliphatic carbocycles. The lowest BCUT2D eigenvalue weighted by Gasteiger charge is -2.32. The monoisotopic (exact) mass is 341 g/mol. The van der Waals surface area contributed by atoms with Gasteiger partial charge in [0.05, 0.1) is 19.1 Å². The number of halogens is 1. The molecule has 1 heterocycles. The van der Waals surface area contributed by atoms with Crippen LogP contribution < -0.4 is 0 Å². The number of nitrogens with zero attached hydrogens (tertiary/aromatic N) is 1. The number of hydrogen-bond acceptors (Lipinski definition) is 3. The lowest BCUT2D eigenvalue weighted by Crippen LogP contribution is -2.46. The minimum absolute atomic E-state index is 0.0810. The number of carbonyl (C=O) groups is 2. The fourth-order valence-electron chi connectivity index (χ4n) is 2.22. The number of hydrogen-bond donors (Lipinski definition) is 1. The molecule has 6 heteroatoms. The number of aliphatic carboxylic acids is 1. The van der Waals surface area contributed by atoms with Gasteiger partial charge in [-0.05, 0) is 24.6 Å². The molecule has 1 saturated heterocycles. The zero-order valence-corrected chi connectivity index (χ0v) is 12.7. The molecule has 1 aliphatic rings. The van der Waals surface area contributed by atoms with Crippen LogP contribution in [-0.4, -0.2) is 47.7 Å². The lowest BCUT2D eigenvalue weighted by molar-refractivity contribution is -0.141. The number of aryl methyl sites for hydroxylation is 1. The summed E-state index contributed by atoms with van der Waals surface area (Å²) in [7, 11) is 0. The smallest absolute Gasteiger partial charge is 0.306 e. The van der Waals surface area contributed by atoms with E-state index in [9.17, 15) is 9.59 Å². The van der Waals surface area contributed by atoms with E-state index in [1.807, 2.05) is 19.1 Å². The molecule has 1 amide bonds. The average Bonchev–Trinajstić information content (AvgIpc) is 2.40. The Morgan fingerprint density at radius 2 is 2.25 bits per heavy atom. The molecule has 0 saturated carbocycles. The van der Waals surface area contributed by atoms with Gasteiger partial charge >= 0.3 is 5.97 Å². The van der Waals surface area contributed by atoms with Crippen molar-refractivity contribution in [1.29, 1.82) is 0 Å². The van der Waals surface area contributed by atoms with Crippen LogP contribution in [0.1, 0.15) is 22.3 Å². The molecule has 1 aliphatic heterocycles. The first kappa shape index (κ1) is 15.0. The van der Waals surface area contributed by atoms with Crippen molar-refractivity contribution in [1.82, 2.24) is 4.90 Å². The van der Waals surface area contributed by atoms with Crippen LogP contribution in [0.4, 0.5) is 0 Å². The number of rotatable bonds is 3. The van der Waals surface area contributed by atoms with Gasteiger partial charge < -0.3 is 14.7 Å². The first-order valence-corrected chi connectivity index (χ1v) is 7.15. The molecule has 0 unspecified atom stereocenters. The summed E-state index contributed by atoms with van der Waals surface area (Å²) < 4.78 is 6.22. The van der Waals surface area contributed by atoms with E-state index in [1.165, 1.54) is 0 Å². The summed E-state index contributed by atoms with van der Waals surface area (Å²) in [5.74, 6) is -0.995. The Bertz CT molecular complexity index is 532. The van der Waals surface area contributed by atoms with Gasteiger partial charge in [-0.25, -0.2) is 0 Å². The number of carbonyl (C=O) groups excluding carboxylic acids is 1. The van der Waals surface area contributed by atoms with Gasteiger partial charge in [-0.15, -0.1) is 0 Å². The van der Waals surface area contributed by atoms with Crippen LogP contribution in [0.3, 0.4) is 0 Å². The predicted octanol–water partition coefficient (Wildman–Crippen LogP) is 2.07. The summed E-state index contributed by atoms with van der Waals surface area (Å²) in [6.07, 6.45) is -0.515. The van der Waals surface area contributed by atoms with E-state index >= 15 is 0 Å². The Kier molecular flexibility index (Phi) is 4.77. The van der Waals surface area contributed by atoms with Gasteiger partial charge in [-0.2, -0.15) is 0 Å². The number of morpholine rings is 1. The van der Waals surface area contributed by atoms with Crippen molar-refractivity contribution in [3.63, 3.8) is 0 Å². The van der Waals surface area contributed by atoms with Crippen LogP contribution in [0.25, 0.3) is 0 Å². The fourth-order valence-corrected chi connectivity index (χ4v) is 2.58. The van der Waals surface area contributed by atoms with Gasteiger partial charge in [-0.1, -0.05) is 22.0 Å². The fraction of sp³-hybridized carbons (Fsp3) is 0.429. The van der Waals surface area contributed by atoms with Gasteiger partial charge in [0.25, 0.3) is 5.91 Å². The first-order chi connectivity index (χ1) is 9.47. The summed E-state index contributed by atoms with van der Waals surface area (Å²) in [6, 6.07) is 5.56. The Morgan fingerprint density at radius 3 is 2.95 bits per heavy atom. The number of benzene rings is 1. The number of ether oxygens (including phenoxy) is 1. The summed E-state index contributed by atoms with van der Waals surface area (Å²) >= 11 is 3.36. The third-order valence-electron chi connectivity index (χ3n) is 3.26. The summed E-state index contributed by atoms with van der Waals surface area (Å²) in [5, 5.41) is 8.80. The minimum atomic E-state index is -0.914. The molecule has 0 radical (unpaired) electrons. The zero-order valence-electron chi connectivity index (χ0n) is 11.1. The molecule has 1 aromatic carbocycles. The number of carboxylic acids is 1. The van der Waals surface area contributed by atoms with Crippen LogP contribution in [0.2, 0.25) is 0 Å². The van der Waals surface area contributed by atoms with Crippen molar-refractivity contribution in [3.8, 4) is 0 Å². The quantitative estimate of drug-likeness (QED) is 0.913. The normalized spacial score (nSPS) is 18.9. The van der Waals surface area contributed by atoms with Crippen molar-refractivity contribution in [2.45, 2.75) is 19.4 Å². The number of amides is 1. The van der Waals surface area contributed by atoms with Crippen LogP contribution in [-0.2, 0) is 9.53 Å². The second kappa shape index (κ2) is 6.37. The topological polar surface area (TPSA) is 66.8 Å². The highest BCUT2D eigenvalue weighted by molar-refractivity contribution is 9.10. The van der Waals surface area contributed by atoms with Crippen molar-refractivity contribution < 1.29 is 19.4 Å². The molecule has 20 heavy (non-hydrogen) atoms. The third kappa shape index (κ3) is 3.58. The number of carboxylic acid groups (broad SMARTS) is 1. The second-order valence-corrected chi connectivity index (χ2v) is 5.72. The molecule has 108 valence electrons. The maximum absolute atomic E-state index is 12.5. The Hall–Kier alpha value is -1.40. The molecule has 1 fully saturated rings. The summed E-state index contributed by atoms with van der Waals surface area (Å²) in [5.41, 5.74) is 1.54. The van der Waals surface area contributed by atoms with E-state index in [1.54, 1.807) is 11.0 Å². The van der Waals surface area contributed by atoms with E-state index in [0.29, 0.717) is 25.3 Å². The maximum Gasteiger partial charge on any atom is 0.306 e.